The number of carbonyl (C=O) groups is 1. The first-order chi connectivity index (χ1) is 7.50. The second-order valence-electron chi connectivity index (χ2n) is 3.82. The Morgan fingerprint density at radius 1 is 1.50 bits per heavy atom. The Kier molecular flexibility index (Phi) is 5.16. The van der Waals surface area contributed by atoms with Gasteiger partial charge < -0.3 is 4.90 Å². The summed E-state index contributed by atoms with van der Waals surface area (Å²) in [7, 11) is 3.55. The summed E-state index contributed by atoms with van der Waals surface area (Å²) in [4.78, 5) is 13.2. The lowest BCUT2D eigenvalue weighted by molar-refractivity contribution is -0.127. The van der Waals surface area contributed by atoms with Gasteiger partial charge in [-0.15, -0.1) is 11.8 Å². The van der Waals surface area contributed by atoms with E-state index in [0.717, 1.165) is 16.3 Å². The molecule has 1 aromatic carbocycles. The van der Waals surface area contributed by atoms with E-state index in [0.29, 0.717) is 0 Å². The van der Waals surface area contributed by atoms with Crippen molar-refractivity contribution >= 4 is 29.3 Å². The van der Waals surface area contributed by atoms with E-state index in [-0.39, 0.29) is 11.2 Å². The zero-order valence-corrected chi connectivity index (χ0v) is 11.3. The first-order valence-corrected chi connectivity index (χ1v) is 6.50. The van der Waals surface area contributed by atoms with Gasteiger partial charge in [-0.05, 0) is 24.6 Å². The maximum Gasteiger partial charge on any atom is 0.234 e. The molecular weight excluding hydrogens is 242 g/mol. The van der Waals surface area contributed by atoms with Crippen LogP contribution in [0, 0.1) is 0 Å². The van der Waals surface area contributed by atoms with E-state index in [4.69, 9.17) is 11.6 Å². The summed E-state index contributed by atoms with van der Waals surface area (Å²) >= 11 is 7.51. The fraction of sp³-hybridized carbons (Fsp3) is 0.417. The molecule has 1 rings (SSSR count). The Labute approximate surface area is 106 Å². The van der Waals surface area contributed by atoms with E-state index in [1.54, 1.807) is 30.8 Å². The maximum atomic E-state index is 11.6. The molecule has 4 heteroatoms. The minimum absolute atomic E-state index is 0.0195. The van der Waals surface area contributed by atoms with Crippen LogP contribution in [0.2, 0.25) is 5.02 Å². The minimum atomic E-state index is -0.0195. The molecule has 1 aromatic rings. The third-order valence-electron chi connectivity index (χ3n) is 2.18. The van der Waals surface area contributed by atoms with Gasteiger partial charge in [0, 0.05) is 24.9 Å². The molecular formula is C12H16ClNOS. The molecule has 0 bridgehead atoms. The first kappa shape index (κ1) is 13.4. The highest BCUT2D eigenvalue weighted by Gasteiger charge is 2.14. The molecule has 0 aliphatic rings. The summed E-state index contributed by atoms with van der Waals surface area (Å²) in [5.41, 5.74) is 1.15. The van der Waals surface area contributed by atoms with E-state index in [2.05, 4.69) is 0 Å². The van der Waals surface area contributed by atoms with Gasteiger partial charge in [-0.25, -0.2) is 0 Å². The normalized spacial score (nSPS) is 12.2. The van der Waals surface area contributed by atoms with Gasteiger partial charge in [0.1, 0.15) is 0 Å². The van der Waals surface area contributed by atoms with E-state index >= 15 is 0 Å². The molecule has 0 spiro atoms. The van der Waals surface area contributed by atoms with Gasteiger partial charge in [0.25, 0.3) is 0 Å². The minimum Gasteiger partial charge on any atom is -0.348 e. The van der Waals surface area contributed by atoms with Crippen LogP contribution >= 0.6 is 23.4 Å². The number of rotatable bonds is 4. The van der Waals surface area contributed by atoms with E-state index in [1.165, 1.54) is 0 Å². The second kappa shape index (κ2) is 6.16. The molecule has 0 N–H and O–H groups in total. The quantitative estimate of drug-likeness (QED) is 0.826. The number of halogens is 1. The molecule has 0 radical (unpaired) electrons. The molecule has 1 amide bonds. The highest BCUT2D eigenvalue weighted by atomic mass is 35.5. The van der Waals surface area contributed by atoms with Crippen LogP contribution in [0.3, 0.4) is 0 Å². The van der Waals surface area contributed by atoms with Crippen LogP contribution in [0.4, 0.5) is 0 Å². The molecule has 0 aromatic heterocycles. The maximum absolute atomic E-state index is 11.6. The predicted molar refractivity (Wildman–Crippen MR) is 70.9 cm³/mol. The van der Waals surface area contributed by atoms with Gasteiger partial charge in [-0.1, -0.05) is 23.7 Å². The third-order valence-corrected chi connectivity index (χ3v) is 3.61. The number of thioether (sulfide) groups is 1. The van der Waals surface area contributed by atoms with E-state index in [9.17, 15) is 4.79 Å². The van der Waals surface area contributed by atoms with Gasteiger partial charge in [-0.2, -0.15) is 0 Å². The lowest BCUT2D eigenvalue weighted by atomic mass is 10.2. The molecule has 0 fully saturated rings. The summed E-state index contributed by atoms with van der Waals surface area (Å²) in [5, 5.41) is 0.721. The zero-order valence-electron chi connectivity index (χ0n) is 9.74. The van der Waals surface area contributed by atoms with Crippen LogP contribution in [0.5, 0.6) is 0 Å². The topological polar surface area (TPSA) is 20.3 Å². The summed E-state index contributed by atoms with van der Waals surface area (Å²) in [5.74, 6) is 0.952. The van der Waals surface area contributed by atoms with Gasteiger partial charge in [0.05, 0.1) is 5.25 Å². The van der Waals surface area contributed by atoms with Crippen LogP contribution in [0.25, 0.3) is 0 Å². The van der Waals surface area contributed by atoms with Crippen LogP contribution < -0.4 is 0 Å². The van der Waals surface area contributed by atoms with Crippen molar-refractivity contribution in [2.45, 2.75) is 17.9 Å². The van der Waals surface area contributed by atoms with Crippen LogP contribution in [-0.4, -0.2) is 30.2 Å². The Bertz CT molecular complexity index is 368. The molecule has 88 valence electrons. The largest absolute Gasteiger partial charge is 0.348 e. The number of carbonyl (C=O) groups excluding carboxylic acids is 1. The van der Waals surface area contributed by atoms with Crippen LogP contribution in [0.15, 0.2) is 24.3 Å². The number of benzene rings is 1. The molecule has 0 aliphatic heterocycles. The van der Waals surface area contributed by atoms with Crippen molar-refractivity contribution < 1.29 is 4.79 Å². The summed E-state index contributed by atoms with van der Waals surface area (Å²) in [6, 6.07) is 7.73. The van der Waals surface area contributed by atoms with Crippen LogP contribution in [0.1, 0.15) is 12.5 Å². The summed E-state index contributed by atoms with van der Waals surface area (Å²) in [6.07, 6.45) is 0. The SMILES string of the molecule is C[C@@H](SCc1cccc(Cl)c1)C(=O)N(C)C. The van der Waals surface area contributed by atoms with Gasteiger partial charge in [0.2, 0.25) is 5.91 Å². The molecule has 0 heterocycles. The lowest BCUT2D eigenvalue weighted by Gasteiger charge is -2.16. The first-order valence-electron chi connectivity index (χ1n) is 5.08. The highest BCUT2D eigenvalue weighted by Crippen LogP contribution is 2.20. The Hall–Kier alpha value is -0.670. The predicted octanol–water partition coefficient (Wildman–Crippen LogP) is 3.05. The molecule has 2 nitrogen and oxygen atoms in total. The van der Waals surface area contributed by atoms with Crippen molar-refractivity contribution in [1.82, 2.24) is 4.90 Å². The Morgan fingerprint density at radius 2 is 2.19 bits per heavy atom. The highest BCUT2D eigenvalue weighted by molar-refractivity contribution is 7.99. The van der Waals surface area contributed by atoms with Crippen molar-refractivity contribution in [3.63, 3.8) is 0 Å². The van der Waals surface area contributed by atoms with Gasteiger partial charge in [0.15, 0.2) is 0 Å². The molecule has 0 aliphatic carbocycles. The number of amides is 1. The number of hydrogen-bond acceptors (Lipinski definition) is 2. The fourth-order valence-corrected chi connectivity index (χ4v) is 2.47. The van der Waals surface area contributed by atoms with Crippen molar-refractivity contribution in [3.05, 3.63) is 34.9 Å². The van der Waals surface area contributed by atoms with E-state index < -0.39 is 0 Å². The Morgan fingerprint density at radius 3 is 2.75 bits per heavy atom. The Balaban J connectivity index is 2.49. The summed E-state index contributed by atoms with van der Waals surface area (Å²) in [6.45, 7) is 1.93. The second-order valence-corrected chi connectivity index (χ2v) is 5.58. The smallest absolute Gasteiger partial charge is 0.234 e. The third kappa shape index (κ3) is 4.06. The van der Waals surface area contributed by atoms with Crippen molar-refractivity contribution in [1.29, 1.82) is 0 Å². The van der Waals surface area contributed by atoms with Gasteiger partial charge >= 0.3 is 0 Å². The molecule has 0 saturated carbocycles. The number of nitrogens with zero attached hydrogens (tertiary/aromatic N) is 1. The molecule has 0 unspecified atom stereocenters. The van der Waals surface area contributed by atoms with Crippen LogP contribution in [-0.2, 0) is 10.5 Å². The average Bonchev–Trinajstić information content (AvgIpc) is 2.24. The van der Waals surface area contributed by atoms with Gasteiger partial charge in [-0.3, -0.25) is 4.79 Å². The zero-order chi connectivity index (χ0) is 12.1. The van der Waals surface area contributed by atoms with E-state index in [1.807, 2.05) is 31.2 Å². The fourth-order valence-electron chi connectivity index (χ4n) is 1.28. The summed E-state index contributed by atoms with van der Waals surface area (Å²) < 4.78 is 0. The molecule has 0 saturated heterocycles. The van der Waals surface area contributed by atoms with Crippen molar-refractivity contribution in [2.75, 3.05) is 14.1 Å². The van der Waals surface area contributed by atoms with Crippen molar-refractivity contribution in [3.8, 4) is 0 Å². The monoisotopic (exact) mass is 257 g/mol. The molecule has 1 atom stereocenters. The molecule has 16 heavy (non-hydrogen) atoms. The standard InChI is InChI=1S/C12H16ClNOS/c1-9(12(15)14(2)3)16-8-10-5-4-6-11(13)7-10/h4-7,9H,8H2,1-3H3/t9-/m1/s1. The lowest BCUT2D eigenvalue weighted by Crippen LogP contribution is -2.29. The number of hydrogen-bond donors (Lipinski definition) is 0. The average molecular weight is 258 g/mol. The van der Waals surface area contributed by atoms with Crippen molar-refractivity contribution in [2.24, 2.45) is 0 Å².